The lowest BCUT2D eigenvalue weighted by atomic mass is 9.90. The second-order valence-electron chi connectivity index (χ2n) is 7.84. The zero-order valence-electron chi connectivity index (χ0n) is 16.3. The Morgan fingerprint density at radius 1 is 1.14 bits per heavy atom. The van der Waals surface area contributed by atoms with E-state index in [9.17, 15) is 9.18 Å². The fourth-order valence-corrected chi connectivity index (χ4v) is 4.39. The summed E-state index contributed by atoms with van der Waals surface area (Å²) in [5.41, 5.74) is 3.82. The lowest BCUT2D eigenvalue weighted by Gasteiger charge is -2.29. The van der Waals surface area contributed by atoms with Crippen LogP contribution in [0.25, 0.3) is 11.1 Å². The topological polar surface area (TPSA) is 47.2 Å². The lowest BCUT2D eigenvalue weighted by molar-refractivity contribution is 0.283. The van der Waals surface area contributed by atoms with Gasteiger partial charge in [0.1, 0.15) is 5.82 Å². The summed E-state index contributed by atoms with van der Waals surface area (Å²) in [5, 5.41) is 3.66. The molecule has 2 aromatic carbocycles. The Labute approximate surface area is 164 Å². The van der Waals surface area contributed by atoms with Crippen molar-refractivity contribution in [1.29, 1.82) is 0 Å². The maximum atomic E-state index is 13.2. The van der Waals surface area contributed by atoms with E-state index < -0.39 is 0 Å². The second kappa shape index (κ2) is 8.31. The predicted molar refractivity (Wildman–Crippen MR) is 109 cm³/mol. The van der Waals surface area contributed by atoms with Crippen molar-refractivity contribution in [2.45, 2.75) is 57.5 Å². The Bertz CT molecular complexity index is 999. The molecule has 0 radical (unpaired) electrons. The highest BCUT2D eigenvalue weighted by Gasteiger charge is 2.25. The molecule has 5 heteroatoms. The van der Waals surface area contributed by atoms with Crippen LogP contribution in [-0.4, -0.2) is 17.2 Å². The molecule has 148 valence electrons. The maximum Gasteiger partial charge on any atom is 0.420 e. The molecule has 1 aliphatic rings. The number of benzene rings is 2. The van der Waals surface area contributed by atoms with E-state index >= 15 is 0 Å². The van der Waals surface area contributed by atoms with Gasteiger partial charge in [0.05, 0.1) is 5.52 Å². The first kappa shape index (κ1) is 18.9. The Morgan fingerprint density at radius 2 is 1.93 bits per heavy atom. The van der Waals surface area contributed by atoms with E-state index in [2.05, 4.69) is 5.32 Å². The number of aryl methyl sites for hydroxylation is 2. The normalized spacial score (nSPS) is 19.9. The molecule has 0 bridgehead atoms. The highest BCUT2D eigenvalue weighted by molar-refractivity contribution is 5.72. The Hall–Kier alpha value is -2.40. The van der Waals surface area contributed by atoms with Gasteiger partial charge in [0, 0.05) is 12.1 Å². The molecule has 4 nitrogen and oxygen atoms in total. The summed E-state index contributed by atoms with van der Waals surface area (Å²) >= 11 is 0. The number of nitrogens with zero attached hydrogens (tertiary/aromatic N) is 1. The first-order valence-electron chi connectivity index (χ1n) is 10.2. The van der Waals surface area contributed by atoms with Gasteiger partial charge in [0.2, 0.25) is 0 Å². The van der Waals surface area contributed by atoms with Crippen molar-refractivity contribution >= 4 is 11.1 Å². The quantitative estimate of drug-likeness (QED) is 0.626. The minimum Gasteiger partial charge on any atom is -0.408 e. The average molecular weight is 382 g/mol. The van der Waals surface area contributed by atoms with Gasteiger partial charge < -0.3 is 9.73 Å². The third-order valence-corrected chi connectivity index (χ3v) is 5.94. The largest absolute Gasteiger partial charge is 0.420 e. The summed E-state index contributed by atoms with van der Waals surface area (Å²) in [6.45, 7) is 2.93. The standard InChI is InChI=1S/C23H27FN2O2/c1-16-15-18(24)9-8-17(16)5-4-14-25-19-10-12-20(13-11-19)26-21-6-2-3-7-22(21)28-23(26)27/h2-3,6-9,15,19-20,25H,4-5,10-14H2,1H3. The zero-order chi connectivity index (χ0) is 19.5. The van der Waals surface area contributed by atoms with E-state index in [1.165, 1.54) is 5.56 Å². The van der Waals surface area contributed by atoms with Crippen LogP contribution in [-0.2, 0) is 6.42 Å². The molecule has 4 rings (SSSR count). The van der Waals surface area contributed by atoms with Crippen LogP contribution in [0, 0.1) is 12.7 Å². The summed E-state index contributed by atoms with van der Waals surface area (Å²) < 4.78 is 20.4. The number of para-hydroxylation sites is 2. The van der Waals surface area contributed by atoms with Crippen LogP contribution in [0.5, 0.6) is 0 Å². The van der Waals surface area contributed by atoms with Crippen molar-refractivity contribution in [3.8, 4) is 0 Å². The Balaban J connectivity index is 1.26. The number of oxazole rings is 1. The van der Waals surface area contributed by atoms with Crippen LogP contribution in [0.1, 0.15) is 49.3 Å². The molecule has 0 aliphatic heterocycles. The predicted octanol–water partition coefficient (Wildman–Crippen LogP) is 4.75. The molecule has 1 fully saturated rings. The molecule has 0 unspecified atom stereocenters. The summed E-state index contributed by atoms with van der Waals surface area (Å²) in [4.78, 5) is 12.3. The molecule has 3 aromatic rings. The van der Waals surface area contributed by atoms with E-state index in [0.29, 0.717) is 11.6 Å². The van der Waals surface area contributed by atoms with Crippen molar-refractivity contribution in [3.63, 3.8) is 0 Å². The maximum absolute atomic E-state index is 13.2. The van der Waals surface area contributed by atoms with Gasteiger partial charge in [-0.05, 0) is 87.4 Å². The van der Waals surface area contributed by atoms with Crippen LogP contribution in [0.2, 0.25) is 0 Å². The monoisotopic (exact) mass is 382 g/mol. The molecule has 0 spiro atoms. The highest BCUT2D eigenvalue weighted by atomic mass is 19.1. The molecular weight excluding hydrogens is 355 g/mol. The van der Waals surface area contributed by atoms with Crippen molar-refractivity contribution < 1.29 is 8.81 Å². The first-order valence-corrected chi connectivity index (χ1v) is 10.2. The highest BCUT2D eigenvalue weighted by Crippen LogP contribution is 2.30. The zero-order valence-corrected chi connectivity index (χ0v) is 16.3. The molecule has 1 aliphatic carbocycles. The molecule has 1 heterocycles. The van der Waals surface area contributed by atoms with Crippen molar-refractivity contribution in [3.05, 3.63) is 70.0 Å². The van der Waals surface area contributed by atoms with Gasteiger partial charge in [-0.2, -0.15) is 0 Å². The number of hydrogen-bond donors (Lipinski definition) is 1. The van der Waals surface area contributed by atoms with Crippen LogP contribution in [0.3, 0.4) is 0 Å². The van der Waals surface area contributed by atoms with Gasteiger partial charge in [0.15, 0.2) is 5.58 Å². The van der Waals surface area contributed by atoms with Crippen molar-refractivity contribution in [1.82, 2.24) is 9.88 Å². The van der Waals surface area contributed by atoms with E-state index in [0.717, 1.165) is 56.1 Å². The summed E-state index contributed by atoms with van der Waals surface area (Å²) in [7, 11) is 0. The van der Waals surface area contributed by atoms with E-state index in [4.69, 9.17) is 4.42 Å². The molecule has 0 amide bonds. The number of fused-ring (bicyclic) bond motifs is 1. The van der Waals surface area contributed by atoms with Crippen LogP contribution >= 0.6 is 0 Å². The fourth-order valence-electron chi connectivity index (χ4n) is 4.39. The molecule has 1 aromatic heterocycles. The minimum atomic E-state index is -0.243. The molecule has 1 N–H and O–H groups in total. The molecule has 28 heavy (non-hydrogen) atoms. The van der Waals surface area contributed by atoms with Crippen LogP contribution in [0.4, 0.5) is 4.39 Å². The molecular formula is C23H27FN2O2. The van der Waals surface area contributed by atoms with E-state index in [-0.39, 0.29) is 17.6 Å². The third kappa shape index (κ3) is 4.04. The number of aromatic nitrogens is 1. The van der Waals surface area contributed by atoms with E-state index in [1.54, 1.807) is 12.1 Å². The van der Waals surface area contributed by atoms with E-state index in [1.807, 2.05) is 41.8 Å². The van der Waals surface area contributed by atoms with Crippen molar-refractivity contribution in [2.24, 2.45) is 0 Å². The third-order valence-electron chi connectivity index (χ3n) is 5.94. The van der Waals surface area contributed by atoms with Gasteiger partial charge in [0.25, 0.3) is 0 Å². The van der Waals surface area contributed by atoms with Crippen LogP contribution < -0.4 is 11.1 Å². The smallest absolute Gasteiger partial charge is 0.408 e. The van der Waals surface area contributed by atoms with Gasteiger partial charge in [-0.3, -0.25) is 4.57 Å². The minimum absolute atomic E-state index is 0.166. The average Bonchev–Trinajstić information content (AvgIpc) is 3.03. The fraction of sp³-hybridized carbons (Fsp3) is 0.435. The summed E-state index contributed by atoms with van der Waals surface area (Å²) in [5.74, 6) is -0.409. The number of hydrogen-bond acceptors (Lipinski definition) is 3. The number of rotatable bonds is 6. The first-order chi connectivity index (χ1) is 13.6. The van der Waals surface area contributed by atoms with Crippen molar-refractivity contribution in [2.75, 3.05) is 6.54 Å². The molecule has 1 saturated carbocycles. The molecule has 0 saturated heterocycles. The Kier molecular flexibility index (Phi) is 5.62. The van der Waals surface area contributed by atoms with Gasteiger partial charge in [-0.15, -0.1) is 0 Å². The number of nitrogens with one attached hydrogen (secondary N) is 1. The Morgan fingerprint density at radius 3 is 2.71 bits per heavy atom. The van der Waals surface area contributed by atoms with Gasteiger partial charge in [-0.1, -0.05) is 18.2 Å². The second-order valence-corrected chi connectivity index (χ2v) is 7.84. The van der Waals surface area contributed by atoms with Gasteiger partial charge in [-0.25, -0.2) is 9.18 Å². The summed E-state index contributed by atoms with van der Waals surface area (Å²) in [6.07, 6.45) is 6.10. The number of halogens is 1. The summed E-state index contributed by atoms with van der Waals surface area (Å²) in [6, 6.07) is 13.4. The van der Waals surface area contributed by atoms with Gasteiger partial charge >= 0.3 is 5.76 Å². The molecule has 0 atom stereocenters. The lowest BCUT2D eigenvalue weighted by Crippen LogP contribution is -2.35. The van der Waals surface area contributed by atoms with Crippen LogP contribution in [0.15, 0.2) is 51.7 Å². The SMILES string of the molecule is Cc1cc(F)ccc1CCCNC1CCC(n2c(=O)oc3ccccc32)CC1.